The molecule has 0 amide bonds. The van der Waals surface area contributed by atoms with Crippen LogP contribution in [-0.2, 0) is 0 Å². The molecule has 0 spiro atoms. The Hall–Kier alpha value is -1.35. The predicted octanol–water partition coefficient (Wildman–Crippen LogP) is 1.67. The fourth-order valence-electron chi connectivity index (χ4n) is 1.08. The van der Waals surface area contributed by atoms with Crippen molar-refractivity contribution in [2.75, 3.05) is 7.11 Å². The van der Waals surface area contributed by atoms with Gasteiger partial charge in [-0.15, -0.1) is 6.58 Å². The molecule has 0 aliphatic heterocycles. The van der Waals surface area contributed by atoms with Crippen LogP contribution in [0, 0.1) is 0 Å². The third-order valence-corrected chi connectivity index (χ3v) is 1.82. The van der Waals surface area contributed by atoms with Gasteiger partial charge in [-0.2, -0.15) is 0 Å². The summed E-state index contributed by atoms with van der Waals surface area (Å²) in [6, 6.07) is 3.71. The summed E-state index contributed by atoms with van der Waals surface area (Å²) in [5.74, 6) is 0.594. The molecule has 0 bridgehead atoms. The molecule has 0 aliphatic rings. The van der Waals surface area contributed by atoms with E-state index in [4.69, 9.17) is 10.5 Å². The molecule has 1 aromatic rings. The number of aromatic nitrogens is 1. The monoisotopic (exact) mass is 178 g/mol. The van der Waals surface area contributed by atoms with Gasteiger partial charge in [-0.25, -0.2) is 4.98 Å². The third kappa shape index (κ3) is 2.56. The molecule has 1 atom stereocenters. The van der Waals surface area contributed by atoms with Crippen LogP contribution in [-0.4, -0.2) is 12.1 Å². The molecule has 1 aromatic heterocycles. The maximum atomic E-state index is 5.87. The number of hydrogen-bond acceptors (Lipinski definition) is 3. The van der Waals surface area contributed by atoms with E-state index in [1.54, 1.807) is 19.4 Å². The van der Waals surface area contributed by atoms with Crippen molar-refractivity contribution in [2.45, 2.75) is 12.5 Å². The first-order valence-electron chi connectivity index (χ1n) is 4.14. The Kier molecular flexibility index (Phi) is 3.46. The summed E-state index contributed by atoms with van der Waals surface area (Å²) in [7, 11) is 1.59. The summed E-state index contributed by atoms with van der Waals surface area (Å²) >= 11 is 0. The van der Waals surface area contributed by atoms with Crippen molar-refractivity contribution in [1.82, 2.24) is 4.98 Å². The lowest BCUT2D eigenvalue weighted by Gasteiger charge is -2.09. The fourth-order valence-corrected chi connectivity index (χ4v) is 1.08. The Balaban J connectivity index is 2.81. The first-order chi connectivity index (χ1) is 6.27. The summed E-state index contributed by atoms with van der Waals surface area (Å²) < 4.78 is 4.99. The van der Waals surface area contributed by atoms with Gasteiger partial charge in [0.15, 0.2) is 0 Å². The zero-order valence-electron chi connectivity index (χ0n) is 7.73. The van der Waals surface area contributed by atoms with Gasteiger partial charge in [0.1, 0.15) is 0 Å². The number of methoxy groups -OCH3 is 1. The van der Waals surface area contributed by atoms with E-state index in [1.165, 1.54) is 0 Å². The van der Waals surface area contributed by atoms with Crippen molar-refractivity contribution in [3.63, 3.8) is 0 Å². The van der Waals surface area contributed by atoms with E-state index in [2.05, 4.69) is 11.6 Å². The maximum absolute atomic E-state index is 5.87. The van der Waals surface area contributed by atoms with Gasteiger partial charge in [0.05, 0.1) is 7.11 Å². The SMILES string of the molecule is C=CCC(N)c1ccnc(OC)c1. The molecule has 2 N–H and O–H groups in total. The number of pyridine rings is 1. The summed E-state index contributed by atoms with van der Waals surface area (Å²) in [6.07, 6.45) is 4.25. The molecule has 13 heavy (non-hydrogen) atoms. The molecule has 0 fully saturated rings. The summed E-state index contributed by atoms with van der Waals surface area (Å²) in [6.45, 7) is 3.64. The van der Waals surface area contributed by atoms with Crippen molar-refractivity contribution in [3.8, 4) is 5.88 Å². The van der Waals surface area contributed by atoms with Crippen LogP contribution in [0.3, 0.4) is 0 Å². The van der Waals surface area contributed by atoms with E-state index in [9.17, 15) is 0 Å². The molecule has 3 nitrogen and oxygen atoms in total. The lowest BCUT2D eigenvalue weighted by atomic mass is 10.1. The van der Waals surface area contributed by atoms with Gasteiger partial charge < -0.3 is 10.5 Å². The van der Waals surface area contributed by atoms with Crippen molar-refractivity contribution in [2.24, 2.45) is 5.73 Å². The van der Waals surface area contributed by atoms with Crippen LogP contribution in [0.2, 0.25) is 0 Å². The lowest BCUT2D eigenvalue weighted by molar-refractivity contribution is 0.397. The Labute approximate surface area is 78.2 Å². The highest BCUT2D eigenvalue weighted by Crippen LogP contribution is 2.17. The smallest absolute Gasteiger partial charge is 0.213 e. The normalized spacial score (nSPS) is 12.2. The van der Waals surface area contributed by atoms with Gasteiger partial charge in [0.25, 0.3) is 0 Å². The van der Waals surface area contributed by atoms with Crippen LogP contribution in [0.4, 0.5) is 0 Å². The van der Waals surface area contributed by atoms with E-state index in [0.717, 1.165) is 12.0 Å². The van der Waals surface area contributed by atoms with Crippen molar-refractivity contribution in [3.05, 3.63) is 36.5 Å². The maximum Gasteiger partial charge on any atom is 0.213 e. The van der Waals surface area contributed by atoms with Crippen LogP contribution < -0.4 is 10.5 Å². The first kappa shape index (κ1) is 9.74. The van der Waals surface area contributed by atoms with Gasteiger partial charge in [0.2, 0.25) is 5.88 Å². The second-order valence-electron chi connectivity index (χ2n) is 2.76. The van der Waals surface area contributed by atoms with E-state index in [0.29, 0.717) is 5.88 Å². The van der Waals surface area contributed by atoms with Gasteiger partial charge >= 0.3 is 0 Å². The van der Waals surface area contributed by atoms with E-state index < -0.39 is 0 Å². The average Bonchev–Trinajstić information content (AvgIpc) is 2.18. The minimum atomic E-state index is -0.0191. The molecule has 0 aliphatic carbocycles. The molecule has 0 radical (unpaired) electrons. The van der Waals surface area contributed by atoms with Crippen LogP contribution >= 0.6 is 0 Å². The highest BCUT2D eigenvalue weighted by Gasteiger charge is 2.04. The molecule has 1 unspecified atom stereocenters. The van der Waals surface area contributed by atoms with E-state index in [-0.39, 0.29) is 6.04 Å². The molecule has 0 saturated carbocycles. The number of nitrogens with two attached hydrogens (primary N) is 1. The third-order valence-electron chi connectivity index (χ3n) is 1.82. The molecule has 0 saturated heterocycles. The summed E-state index contributed by atoms with van der Waals surface area (Å²) in [5, 5.41) is 0. The molecular formula is C10H14N2O. The highest BCUT2D eigenvalue weighted by atomic mass is 16.5. The fraction of sp³-hybridized carbons (Fsp3) is 0.300. The largest absolute Gasteiger partial charge is 0.481 e. The predicted molar refractivity (Wildman–Crippen MR) is 52.5 cm³/mol. The minimum absolute atomic E-state index is 0.0191. The number of rotatable bonds is 4. The quantitative estimate of drug-likeness (QED) is 0.713. The molecule has 1 rings (SSSR count). The minimum Gasteiger partial charge on any atom is -0.481 e. The summed E-state index contributed by atoms with van der Waals surface area (Å²) in [5.41, 5.74) is 6.89. The van der Waals surface area contributed by atoms with Gasteiger partial charge in [-0.1, -0.05) is 6.08 Å². The van der Waals surface area contributed by atoms with Crippen molar-refractivity contribution in [1.29, 1.82) is 0 Å². The topological polar surface area (TPSA) is 48.1 Å². The van der Waals surface area contributed by atoms with Gasteiger partial charge in [0, 0.05) is 18.3 Å². The van der Waals surface area contributed by atoms with Crippen LogP contribution in [0.5, 0.6) is 5.88 Å². The lowest BCUT2D eigenvalue weighted by Crippen LogP contribution is -2.09. The van der Waals surface area contributed by atoms with Gasteiger partial charge in [-0.05, 0) is 18.1 Å². The zero-order valence-corrected chi connectivity index (χ0v) is 7.73. The molecule has 70 valence electrons. The summed E-state index contributed by atoms with van der Waals surface area (Å²) in [4.78, 5) is 4.00. The second-order valence-corrected chi connectivity index (χ2v) is 2.76. The van der Waals surface area contributed by atoms with Crippen LogP contribution in [0.15, 0.2) is 31.0 Å². The molecular weight excluding hydrogens is 164 g/mol. The Morgan fingerprint density at radius 3 is 3.15 bits per heavy atom. The standard InChI is InChI=1S/C10H14N2O/c1-3-4-9(11)8-5-6-12-10(7-8)13-2/h3,5-7,9H,1,4,11H2,2H3. The first-order valence-corrected chi connectivity index (χ1v) is 4.14. The number of ether oxygens (including phenoxy) is 1. The van der Waals surface area contributed by atoms with Crippen LogP contribution in [0.25, 0.3) is 0 Å². The molecule has 1 heterocycles. The van der Waals surface area contributed by atoms with Crippen LogP contribution in [0.1, 0.15) is 18.0 Å². The Morgan fingerprint density at radius 2 is 2.54 bits per heavy atom. The van der Waals surface area contributed by atoms with Gasteiger partial charge in [-0.3, -0.25) is 0 Å². The number of hydrogen-bond donors (Lipinski definition) is 1. The zero-order chi connectivity index (χ0) is 9.68. The Morgan fingerprint density at radius 1 is 1.77 bits per heavy atom. The number of nitrogens with zero attached hydrogens (tertiary/aromatic N) is 1. The van der Waals surface area contributed by atoms with E-state index in [1.807, 2.05) is 12.1 Å². The second kappa shape index (κ2) is 4.62. The van der Waals surface area contributed by atoms with Crippen molar-refractivity contribution < 1.29 is 4.74 Å². The molecule has 0 aromatic carbocycles. The molecule has 3 heteroatoms. The Bertz CT molecular complexity index is 286. The average molecular weight is 178 g/mol. The van der Waals surface area contributed by atoms with Crippen molar-refractivity contribution >= 4 is 0 Å². The van der Waals surface area contributed by atoms with E-state index >= 15 is 0 Å². The highest BCUT2D eigenvalue weighted by molar-refractivity contribution is 5.23.